The molecule has 1 fully saturated rings. The van der Waals surface area contributed by atoms with E-state index in [1.165, 1.54) is 15.4 Å². The van der Waals surface area contributed by atoms with Crippen LogP contribution < -0.4 is 10.6 Å². The molecule has 0 saturated carbocycles. The molecule has 4 heteroatoms. The molecular formula is C17H19ClN2S. The topological polar surface area (TPSA) is 24.1 Å². The summed E-state index contributed by atoms with van der Waals surface area (Å²) in [6, 6.07) is 17.2. The lowest BCUT2D eigenvalue weighted by Crippen LogP contribution is -2.49. The van der Waals surface area contributed by atoms with Crippen LogP contribution in [0.5, 0.6) is 0 Å². The van der Waals surface area contributed by atoms with Crippen LogP contribution in [-0.2, 0) is 6.42 Å². The fraction of sp³-hybridized carbons (Fsp3) is 0.294. The van der Waals surface area contributed by atoms with E-state index in [4.69, 9.17) is 11.6 Å². The van der Waals surface area contributed by atoms with Crippen molar-refractivity contribution in [1.29, 1.82) is 0 Å². The second-order valence-corrected chi connectivity index (χ2v) is 6.77. The molecule has 0 aromatic heterocycles. The Morgan fingerprint density at radius 1 is 1.05 bits per heavy atom. The monoisotopic (exact) mass is 318 g/mol. The first-order valence-electron chi connectivity index (χ1n) is 7.27. The first-order chi connectivity index (χ1) is 10.3. The van der Waals surface area contributed by atoms with Crippen LogP contribution in [-0.4, -0.2) is 25.7 Å². The van der Waals surface area contributed by atoms with Crippen molar-refractivity contribution in [2.75, 3.05) is 19.6 Å². The fourth-order valence-electron chi connectivity index (χ4n) is 2.52. The predicted octanol–water partition coefficient (Wildman–Crippen LogP) is 3.60. The minimum atomic E-state index is 0.519. The highest BCUT2D eigenvalue weighted by Crippen LogP contribution is 2.31. The van der Waals surface area contributed by atoms with Crippen molar-refractivity contribution in [3.8, 4) is 0 Å². The van der Waals surface area contributed by atoms with Crippen LogP contribution in [0.15, 0.2) is 58.3 Å². The molecule has 2 aromatic rings. The van der Waals surface area contributed by atoms with Crippen molar-refractivity contribution in [2.45, 2.75) is 22.3 Å². The second-order valence-electron chi connectivity index (χ2n) is 5.22. The Bertz CT molecular complexity index is 580. The van der Waals surface area contributed by atoms with E-state index in [0.29, 0.717) is 6.04 Å². The summed E-state index contributed by atoms with van der Waals surface area (Å²) in [5.41, 5.74) is 1.40. The van der Waals surface area contributed by atoms with Crippen LogP contribution in [0.25, 0.3) is 0 Å². The van der Waals surface area contributed by atoms with Gasteiger partial charge < -0.3 is 10.6 Å². The minimum Gasteiger partial charge on any atom is -0.314 e. The highest BCUT2D eigenvalue weighted by molar-refractivity contribution is 7.99. The normalized spacial score (nSPS) is 18.6. The summed E-state index contributed by atoms with van der Waals surface area (Å²) < 4.78 is 0. The number of halogens is 1. The van der Waals surface area contributed by atoms with Crippen LogP contribution in [0.1, 0.15) is 5.56 Å². The third-order valence-electron chi connectivity index (χ3n) is 3.61. The highest BCUT2D eigenvalue weighted by atomic mass is 35.5. The molecule has 21 heavy (non-hydrogen) atoms. The smallest absolute Gasteiger partial charge is 0.0406 e. The van der Waals surface area contributed by atoms with Gasteiger partial charge in [-0.15, -0.1) is 0 Å². The largest absolute Gasteiger partial charge is 0.314 e. The van der Waals surface area contributed by atoms with Gasteiger partial charge >= 0.3 is 0 Å². The van der Waals surface area contributed by atoms with E-state index in [0.717, 1.165) is 31.1 Å². The molecule has 1 saturated heterocycles. The van der Waals surface area contributed by atoms with E-state index >= 15 is 0 Å². The van der Waals surface area contributed by atoms with Crippen LogP contribution in [0, 0.1) is 0 Å². The van der Waals surface area contributed by atoms with Gasteiger partial charge in [0.05, 0.1) is 0 Å². The van der Waals surface area contributed by atoms with E-state index in [2.05, 4.69) is 47.0 Å². The van der Waals surface area contributed by atoms with E-state index in [-0.39, 0.29) is 0 Å². The van der Waals surface area contributed by atoms with Crippen LogP contribution in [0.3, 0.4) is 0 Å². The van der Waals surface area contributed by atoms with Crippen LogP contribution in [0.2, 0.25) is 5.02 Å². The van der Waals surface area contributed by atoms with Gasteiger partial charge in [-0.05, 0) is 42.3 Å². The number of piperazine rings is 1. The Balaban J connectivity index is 1.73. The Kier molecular flexibility index (Phi) is 5.20. The predicted molar refractivity (Wildman–Crippen MR) is 90.4 cm³/mol. The standard InChI is InChI=1S/C17H19ClN2S/c18-14-5-7-16(8-6-14)21-17-4-2-1-3-13(17)11-15-12-19-9-10-20-15/h1-8,15,19-20H,9-12H2. The Morgan fingerprint density at radius 3 is 2.62 bits per heavy atom. The summed E-state index contributed by atoms with van der Waals surface area (Å²) in [7, 11) is 0. The van der Waals surface area contributed by atoms with Gasteiger partial charge in [0.1, 0.15) is 0 Å². The summed E-state index contributed by atoms with van der Waals surface area (Å²) in [6.45, 7) is 3.16. The quantitative estimate of drug-likeness (QED) is 0.901. The van der Waals surface area contributed by atoms with Crippen molar-refractivity contribution in [3.63, 3.8) is 0 Å². The molecule has 0 bridgehead atoms. The second kappa shape index (κ2) is 7.32. The molecule has 0 spiro atoms. The molecule has 3 rings (SSSR count). The fourth-order valence-corrected chi connectivity index (χ4v) is 3.61. The average molecular weight is 319 g/mol. The maximum Gasteiger partial charge on any atom is 0.0406 e. The number of hydrogen-bond acceptors (Lipinski definition) is 3. The molecule has 0 radical (unpaired) electrons. The SMILES string of the molecule is Clc1ccc(Sc2ccccc2CC2CNCCN2)cc1. The third kappa shape index (κ3) is 4.24. The number of nitrogens with one attached hydrogen (secondary N) is 2. The lowest BCUT2D eigenvalue weighted by molar-refractivity contribution is 0.415. The minimum absolute atomic E-state index is 0.519. The summed E-state index contributed by atoms with van der Waals surface area (Å²) in [4.78, 5) is 2.55. The van der Waals surface area contributed by atoms with Gasteiger partial charge in [0.2, 0.25) is 0 Å². The lowest BCUT2D eigenvalue weighted by atomic mass is 10.0. The lowest BCUT2D eigenvalue weighted by Gasteiger charge is -2.25. The molecule has 2 N–H and O–H groups in total. The van der Waals surface area contributed by atoms with Gasteiger partial charge in [-0.3, -0.25) is 0 Å². The van der Waals surface area contributed by atoms with Crippen LogP contribution in [0.4, 0.5) is 0 Å². The van der Waals surface area contributed by atoms with E-state index in [9.17, 15) is 0 Å². The van der Waals surface area contributed by atoms with Gasteiger partial charge in [-0.25, -0.2) is 0 Å². The van der Waals surface area contributed by atoms with Gasteiger partial charge in [-0.1, -0.05) is 41.6 Å². The Morgan fingerprint density at radius 2 is 1.86 bits per heavy atom. The molecule has 2 aromatic carbocycles. The Labute approximate surface area is 135 Å². The number of hydrogen-bond donors (Lipinski definition) is 2. The molecular weight excluding hydrogens is 300 g/mol. The van der Waals surface area contributed by atoms with Crippen molar-refractivity contribution in [1.82, 2.24) is 10.6 Å². The van der Waals surface area contributed by atoms with E-state index in [1.54, 1.807) is 11.8 Å². The molecule has 1 unspecified atom stereocenters. The van der Waals surface area contributed by atoms with Gasteiger partial charge in [-0.2, -0.15) is 0 Å². The van der Waals surface area contributed by atoms with Crippen molar-refractivity contribution < 1.29 is 0 Å². The third-order valence-corrected chi connectivity index (χ3v) is 4.98. The molecule has 1 heterocycles. The summed E-state index contributed by atoms with van der Waals surface area (Å²) in [5, 5.41) is 7.81. The van der Waals surface area contributed by atoms with Crippen molar-refractivity contribution in [2.24, 2.45) is 0 Å². The van der Waals surface area contributed by atoms with Gasteiger partial charge in [0.25, 0.3) is 0 Å². The van der Waals surface area contributed by atoms with Gasteiger partial charge in [0, 0.05) is 40.5 Å². The van der Waals surface area contributed by atoms with Crippen molar-refractivity contribution in [3.05, 3.63) is 59.1 Å². The first-order valence-corrected chi connectivity index (χ1v) is 8.46. The summed E-state index contributed by atoms with van der Waals surface area (Å²) in [5.74, 6) is 0. The summed E-state index contributed by atoms with van der Waals surface area (Å²) >= 11 is 7.75. The molecule has 2 nitrogen and oxygen atoms in total. The van der Waals surface area contributed by atoms with E-state index in [1.807, 2.05) is 12.1 Å². The zero-order valence-electron chi connectivity index (χ0n) is 11.8. The molecule has 1 aliphatic rings. The van der Waals surface area contributed by atoms with E-state index < -0.39 is 0 Å². The Hall–Kier alpha value is -1.00. The van der Waals surface area contributed by atoms with Crippen molar-refractivity contribution >= 4 is 23.4 Å². The first kappa shape index (κ1) is 14.9. The maximum absolute atomic E-state index is 5.95. The molecule has 0 amide bonds. The number of rotatable bonds is 4. The maximum atomic E-state index is 5.95. The zero-order chi connectivity index (χ0) is 14.5. The summed E-state index contributed by atoms with van der Waals surface area (Å²) in [6.07, 6.45) is 1.06. The number of benzene rings is 2. The molecule has 110 valence electrons. The van der Waals surface area contributed by atoms with Crippen LogP contribution >= 0.6 is 23.4 Å². The highest BCUT2D eigenvalue weighted by Gasteiger charge is 2.14. The average Bonchev–Trinajstić information content (AvgIpc) is 2.52. The zero-order valence-corrected chi connectivity index (χ0v) is 13.4. The molecule has 1 atom stereocenters. The molecule has 1 aliphatic heterocycles. The molecule has 0 aliphatic carbocycles. The van der Waals surface area contributed by atoms with Gasteiger partial charge in [0.15, 0.2) is 0 Å².